The van der Waals surface area contributed by atoms with E-state index < -0.39 is 11.9 Å². The predicted octanol–water partition coefficient (Wildman–Crippen LogP) is 0.0984. The van der Waals surface area contributed by atoms with E-state index in [1.54, 1.807) is 4.90 Å². The van der Waals surface area contributed by atoms with Crippen LogP contribution in [0.2, 0.25) is 0 Å². The SMILES string of the molecule is CCCCC(C)C(=O)N1CCNCC1C(N)=O. The molecule has 5 heteroatoms. The second-order valence-corrected chi connectivity index (χ2v) is 4.70. The molecule has 1 saturated heterocycles. The first-order valence-electron chi connectivity index (χ1n) is 6.38. The number of nitrogens with one attached hydrogen (secondary N) is 1. The second kappa shape index (κ2) is 6.59. The van der Waals surface area contributed by atoms with Crippen LogP contribution in [0.15, 0.2) is 0 Å². The zero-order chi connectivity index (χ0) is 12.8. The lowest BCUT2D eigenvalue weighted by Gasteiger charge is -2.35. The van der Waals surface area contributed by atoms with Crippen LogP contribution in [-0.4, -0.2) is 42.4 Å². The normalized spacial score (nSPS) is 22.2. The molecule has 0 aromatic carbocycles. The number of unbranched alkanes of at least 4 members (excludes halogenated alkanes) is 1. The fourth-order valence-corrected chi connectivity index (χ4v) is 2.14. The number of hydrogen-bond acceptors (Lipinski definition) is 3. The summed E-state index contributed by atoms with van der Waals surface area (Å²) in [5.41, 5.74) is 5.32. The molecule has 0 radical (unpaired) electrons. The number of nitrogens with zero attached hydrogens (tertiary/aromatic N) is 1. The Bertz CT molecular complexity index is 281. The maximum Gasteiger partial charge on any atom is 0.241 e. The highest BCUT2D eigenvalue weighted by atomic mass is 16.2. The van der Waals surface area contributed by atoms with Crippen LogP contribution < -0.4 is 11.1 Å². The van der Waals surface area contributed by atoms with Crippen molar-refractivity contribution in [3.63, 3.8) is 0 Å². The number of carbonyl (C=O) groups excluding carboxylic acids is 2. The van der Waals surface area contributed by atoms with E-state index in [1.165, 1.54) is 0 Å². The highest BCUT2D eigenvalue weighted by Crippen LogP contribution is 2.14. The van der Waals surface area contributed by atoms with Crippen molar-refractivity contribution in [3.05, 3.63) is 0 Å². The van der Waals surface area contributed by atoms with Crippen molar-refractivity contribution in [3.8, 4) is 0 Å². The molecule has 1 fully saturated rings. The summed E-state index contributed by atoms with van der Waals surface area (Å²) in [4.78, 5) is 25.1. The van der Waals surface area contributed by atoms with Crippen molar-refractivity contribution >= 4 is 11.8 Å². The van der Waals surface area contributed by atoms with Crippen molar-refractivity contribution in [2.24, 2.45) is 11.7 Å². The molecular formula is C12H23N3O2. The van der Waals surface area contributed by atoms with Crippen molar-refractivity contribution in [1.82, 2.24) is 10.2 Å². The number of carbonyl (C=O) groups is 2. The lowest BCUT2D eigenvalue weighted by Crippen LogP contribution is -2.59. The Balaban J connectivity index is 2.61. The summed E-state index contributed by atoms with van der Waals surface area (Å²) in [6.07, 6.45) is 3.00. The molecule has 5 nitrogen and oxygen atoms in total. The molecular weight excluding hydrogens is 218 g/mol. The Hall–Kier alpha value is -1.10. The summed E-state index contributed by atoms with van der Waals surface area (Å²) < 4.78 is 0. The molecule has 1 rings (SSSR count). The molecule has 2 atom stereocenters. The summed E-state index contributed by atoms with van der Waals surface area (Å²) in [5, 5.41) is 3.09. The molecule has 0 aliphatic carbocycles. The van der Waals surface area contributed by atoms with Gasteiger partial charge in [0.2, 0.25) is 11.8 Å². The molecule has 0 aromatic rings. The number of rotatable bonds is 5. The molecule has 17 heavy (non-hydrogen) atoms. The second-order valence-electron chi connectivity index (χ2n) is 4.70. The Morgan fingerprint density at radius 1 is 1.53 bits per heavy atom. The molecule has 0 saturated carbocycles. The highest BCUT2D eigenvalue weighted by molar-refractivity contribution is 5.88. The molecule has 0 aromatic heterocycles. The van der Waals surface area contributed by atoms with Crippen LogP contribution in [0.3, 0.4) is 0 Å². The van der Waals surface area contributed by atoms with Gasteiger partial charge in [-0.2, -0.15) is 0 Å². The maximum absolute atomic E-state index is 12.2. The minimum Gasteiger partial charge on any atom is -0.368 e. The van der Waals surface area contributed by atoms with E-state index in [2.05, 4.69) is 12.2 Å². The number of nitrogens with two attached hydrogens (primary N) is 1. The first kappa shape index (κ1) is 14.0. The largest absolute Gasteiger partial charge is 0.368 e. The third-order valence-electron chi connectivity index (χ3n) is 3.27. The van der Waals surface area contributed by atoms with Gasteiger partial charge in [0.25, 0.3) is 0 Å². The van der Waals surface area contributed by atoms with Crippen LogP contribution in [0.4, 0.5) is 0 Å². The number of piperazine rings is 1. The van der Waals surface area contributed by atoms with Crippen LogP contribution in [0.25, 0.3) is 0 Å². The minimum absolute atomic E-state index is 0.0186. The quantitative estimate of drug-likeness (QED) is 0.716. The van der Waals surface area contributed by atoms with Gasteiger partial charge in [0.05, 0.1) is 0 Å². The standard InChI is InChI=1S/C12H23N3O2/c1-3-4-5-9(2)12(17)15-7-6-14-8-10(15)11(13)16/h9-10,14H,3-8H2,1-2H3,(H2,13,16). The third-order valence-corrected chi connectivity index (χ3v) is 3.27. The average Bonchev–Trinajstić information content (AvgIpc) is 2.34. The smallest absolute Gasteiger partial charge is 0.241 e. The van der Waals surface area contributed by atoms with E-state index in [0.29, 0.717) is 13.1 Å². The van der Waals surface area contributed by atoms with E-state index in [9.17, 15) is 9.59 Å². The van der Waals surface area contributed by atoms with E-state index >= 15 is 0 Å². The van der Waals surface area contributed by atoms with Gasteiger partial charge in [-0.1, -0.05) is 26.7 Å². The third kappa shape index (κ3) is 3.70. The van der Waals surface area contributed by atoms with Crippen molar-refractivity contribution in [2.45, 2.75) is 39.2 Å². The maximum atomic E-state index is 12.2. The van der Waals surface area contributed by atoms with Crippen LogP contribution in [0.1, 0.15) is 33.1 Å². The monoisotopic (exact) mass is 241 g/mol. The molecule has 1 aliphatic heterocycles. The molecule has 0 bridgehead atoms. The van der Waals surface area contributed by atoms with Crippen molar-refractivity contribution in [2.75, 3.05) is 19.6 Å². The zero-order valence-electron chi connectivity index (χ0n) is 10.7. The van der Waals surface area contributed by atoms with Crippen LogP contribution in [0, 0.1) is 5.92 Å². The van der Waals surface area contributed by atoms with Gasteiger partial charge >= 0.3 is 0 Å². The van der Waals surface area contributed by atoms with Gasteiger partial charge in [-0.05, 0) is 6.42 Å². The number of primary amides is 1. The molecule has 1 aliphatic rings. The Morgan fingerprint density at radius 2 is 2.24 bits per heavy atom. The Labute approximate surface area is 103 Å². The average molecular weight is 241 g/mol. The van der Waals surface area contributed by atoms with Crippen LogP contribution in [-0.2, 0) is 9.59 Å². The summed E-state index contributed by atoms with van der Waals surface area (Å²) in [5.74, 6) is -0.383. The summed E-state index contributed by atoms with van der Waals surface area (Å²) in [7, 11) is 0. The lowest BCUT2D eigenvalue weighted by atomic mass is 10.0. The van der Waals surface area contributed by atoms with Crippen molar-refractivity contribution < 1.29 is 9.59 Å². The van der Waals surface area contributed by atoms with Gasteiger partial charge in [0, 0.05) is 25.6 Å². The van der Waals surface area contributed by atoms with E-state index in [1.807, 2.05) is 6.92 Å². The van der Waals surface area contributed by atoms with Gasteiger partial charge < -0.3 is 16.0 Å². The summed E-state index contributed by atoms with van der Waals surface area (Å²) >= 11 is 0. The molecule has 98 valence electrons. The van der Waals surface area contributed by atoms with Crippen LogP contribution >= 0.6 is 0 Å². The molecule has 2 unspecified atom stereocenters. The number of amides is 2. The summed E-state index contributed by atoms with van der Waals surface area (Å²) in [6.45, 7) is 5.81. The van der Waals surface area contributed by atoms with E-state index in [0.717, 1.165) is 25.8 Å². The molecule has 3 N–H and O–H groups in total. The predicted molar refractivity (Wildman–Crippen MR) is 66.3 cm³/mol. The summed E-state index contributed by atoms with van der Waals surface area (Å²) in [6, 6.07) is -0.486. The first-order chi connectivity index (χ1) is 8.07. The topological polar surface area (TPSA) is 75.4 Å². The highest BCUT2D eigenvalue weighted by Gasteiger charge is 2.32. The van der Waals surface area contributed by atoms with Gasteiger partial charge in [0.1, 0.15) is 6.04 Å². The van der Waals surface area contributed by atoms with Crippen molar-refractivity contribution in [1.29, 1.82) is 0 Å². The fraction of sp³-hybridized carbons (Fsp3) is 0.833. The molecule has 2 amide bonds. The number of hydrogen-bond donors (Lipinski definition) is 2. The fourth-order valence-electron chi connectivity index (χ4n) is 2.14. The van der Waals surface area contributed by atoms with E-state index in [-0.39, 0.29) is 11.8 Å². The van der Waals surface area contributed by atoms with Gasteiger partial charge in [-0.15, -0.1) is 0 Å². The Morgan fingerprint density at radius 3 is 2.82 bits per heavy atom. The van der Waals surface area contributed by atoms with Gasteiger partial charge in [-0.3, -0.25) is 9.59 Å². The molecule has 1 heterocycles. The molecule has 0 spiro atoms. The zero-order valence-corrected chi connectivity index (χ0v) is 10.7. The van der Waals surface area contributed by atoms with Crippen LogP contribution in [0.5, 0.6) is 0 Å². The van der Waals surface area contributed by atoms with Gasteiger partial charge in [-0.25, -0.2) is 0 Å². The first-order valence-corrected chi connectivity index (χ1v) is 6.38. The van der Waals surface area contributed by atoms with E-state index in [4.69, 9.17) is 5.73 Å². The minimum atomic E-state index is -0.486. The lowest BCUT2D eigenvalue weighted by molar-refractivity contribution is -0.143. The van der Waals surface area contributed by atoms with Gasteiger partial charge in [0.15, 0.2) is 0 Å². The Kier molecular flexibility index (Phi) is 5.41.